The van der Waals surface area contributed by atoms with Crippen LogP contribution in [0.3, 0.4) is 0 Å². The Balaban J connectivity index is 0.000000168. The van der Waals surface area contributed by atoms with E-state index in [9.17, 15) is 61.7 Å². The van der Waals surface area contributed by atoms with Crippen molar-refractivity contribution in [2.24, 2.45) is 41.2 Å². The molecule has 2 aromatic rings. The summed E-state index contributed by atoms with van der Waals surface area (Å²) in [7, 11) is -4.47. The summed E-state index contributed by atoms with van der Waals surface area (Å²) in [4.78, 5) is 105. The van der Waals surface area contributed by atoms with Crippen molar-refractivity contribution in [1.82, 2.24) is 49.4 Å². The van der Waals surface area contributed by atoms with Crippen LogP contribution in [0.1, 0.15) is 179 Å². The molecule has 17 bridgehead atoms. The number of aliphatic hydroxyl groups excluding tert-OH is 3. The van der Waals surface area contributed by atoms with Crippen LogP contribution in [0.4, 0.5) is 38.0 Å². The summed E-state index contributed by atoms with van der Waals surface area (Å²) in [5, 5.41) is 49.5. The van der Waals surface area contributed by atoms with Crippen LogP contribution in [0.5, 0.6) is 0 Å². The fourth-order valence-corrected chi connectivity index (χ4v) is 26.6. The van der Waals surface area contributed by atoms with Crippen molar-refractivity contribution in [3.63, 3.8) is 0 Å². The van der Waals surface area contributed by atoms with Gasteiger partial charge in [0.15, 0.2) is 0 Å². The quantitative estimate of drug-likeness (QED) is 0.0225. The Kier molecular flexibility index (Phi) is 41.6. The third kappa shape index (κ3) is 26.1. The van der Waals surface area contributed by atoms with Gasteiger partial charge in [-0.1, -0.05) is 102 Å². The Morgan fingerprint density at radius 2 is 0.858 bits per heavy atom. The summed E-state index contributed by atoms with van der Waals surface area (Å²) in [5.41, 5.74) is 7.65. The van der Waals surface area contributed by atoms with Gasteiger partial charge in [-0.05, 0) is 186 Å². The minimum atomic E-state index is -3.47. The Labute approximate surface area is 870 Å². The predicted octanol–water partition coefficient (Wildman–Crippen LogP) is 8.49. The Morgan fingerprint density at radius 3 is 1.25 bits per heavy atom. The standard InChI is InChI=1S/C19H26N2O2.C18H24N2O3.2C11H14N2O3.C11H18N2O3.C11H20N2O3.C11H17NO6S.C3H9ISi.CH3F.CN.2CH4.Na/c1-3-23-19(22)21-16-9-15-10-17(21)18(13(16)2)20(12-15)11-14-7-5-4-6-8-14;1-2-23-18(22)20-14-8-13-9-15(20)17(21)16(14)19(11-13)10-12-6-4-3-5-7-12;1-3-15-11(14)13-7-4-6(12-2)5-8(13)10-9(7)16-10;1-2-15-11(14)13-7-3-6(5-12)4-8(13)10-9(7)16-10;1-2-16-11(15)13-7-3-6-4-8(13)10(14)9(7)12-5-6;1-2-16-11(15)13-8-3-7(6-12)4-9(13)10(14)5-8;1-3-16-11(13)12-7-4-6(18-19(2,14)15)5-8(12)10-9(7)17-10;1-5(2,3)4;2*1-2;;;/h4-8,13,15-18H,3,9-12H2,1-2H3;3-7,13-17,21H,2,8-11H2,1H3;6-10H,3-5H2,1H3;6-10H,2-4H2,1H3;6-10,12,14H,2-5H2,1H3;7-10,14H,2-6,12H2,1H3;6-10H,3-5H2,1-2H3;1-3H3;1H3;;2*1H4;/q;;;;;;;;;-1;;;+1/t13-,15?,16?,17?,18?;13?,14?,15?,16?,17-;2*6?,7?,8?,9-,10+;6?,7?,8?,9?,10-;7?,8?,9?,10-;6?,7?,8?,9-,10+;;;;;;/m00..01......./s1/i;;;;;;;;1D;;;;. The molecule has 0 aliphatic carbocycles. The number of nitrogens with one attached hydrogen (secondary N) is 1. The first-order valence-corrected chi connectivity index (χ1v) is 58.1. The number of hydrogen-bond donors (Lipinski definition) is 5. The molecule has 42 heteroatoms. The fourth-order valence-electron chi connectivity index (χ4n) is 25.9. The molecular formula is C99H153FIN14NaO23SSi. The smallest absolute Gasteiger partial charge is 0.512 e. The maximum absolute atomic E-state index is 12.4. The largest absolute Gasteiger partial charge is 1.00 e. The van der Waals surface area contributed by atoms with Crippen molar-refractivity contribution in [2.75, 3.05) is 85.8 Å². The van der Waals surface area contributed by atoms with Gasteiger partial charge in [-0.3, -0.25) is 47.8 Å². The summed E-state index contributed by atoms with van der Waals surface area (Å²) >= 11 is 2.52. The van der Waals surface area contributed by atoms with Gasteiger partial charge in [0.2, 0.25) is 6.04 Å². The van der Waals surface area contributed by atoms with Gasteiger partial charge in [0, 0.05) is 57.1 Å². The zero-order valence-corrected chi connectivity index (χ0v) is 88.5. The van der Waals surface area contributed by atoms with Crippen LogP contribution >= 0.6 is 21.8 Å². The maximum Gasteiger partial charge on any atom is 1.00 e. The number of halogens is 2. The van der Waals surface area contributed by atoms with Gasteiger partial charge in [-0.25, -0.2) is 40.1 Å². The minimum Gasteiger partial charge on any atom is -0.512 e. The van der Waals surface area contributed by atoms with Gasteiger partial charge < -0.3 is 95.3 Å². The number of aliphatic hydroxyl groups is 3. The van der Waals surface area contributed by atoms with E-state index in [1.165, 1.54) is 17.7 Å². The number of hydrogen-bond acceptors (Lipinski definition) is 29. The number of ether oxygens (including phenoxy) is 10. The van der Waals surface area contributed by atoms with Crippen molar-refractivity contribution in [3.05, 3.63) is 89.8 Å². The number of nitriles is 1. The van der Waals surface area contributed by atoms with Crippen molar-refractivity contribution < 1.29 is 144 Å². The molecule has 141 heavy (non-hydrogen) atoms. The van der Waals surface area contributed by atoms with Gasteiger partial charge in [0.1, 0.15) is 42.2 Å². The van der Waals surface area contributed by atoms with E-state index in [4.69, 9.17) is 82.3 Å². The van der Waals surface area contributed by atoms with Gasteiger partial charge in [0.25, 0.3) is 10.1 Å². The second kappa shape index (κ2) is 51.2. The van der Waals surface area contributed by atoms with E-state index in [2.05, 4.69) is 122 Å². The first kappa shape index (κ1) is 114. The van der Waals surface area contributed by atoms with Crippen LogP contribution in [0, 0.1) is 65.2 Å². The molecule has 0 radical (unpaired) electrons. The van der Waals surface area contributed by atoms with E-state index in [0.29, 0.717) is 114 Å². The van der Waals surface area contributed by atoms with Gasteiger partial charge in [-0.15, -0.1) is 21.8 Å². The van der Waals surface area contributed by atoms with Crippen LogP contribution in [0.25, 0.3) is 4.85 Å². The molecule has 22 rings (SSSR count). The second-order valence-electron chi connectivity index (χ2n) is 40.5. The number of carbonyl (C=O) groups is 7. The van der Waals surface area contributed by atoms with Gasteiger partial charge in [0.05, 0.1) is 182 Å². The van der Waals surface area contributed by atoms with Crippen molar-refractivity contribution in [3.8, 4) is 6.07 Å². The number of rotatable bonds is 14. The molecule has 7 amide bonds. The first-order valence-electron chi connectivity index (χ1n) is 50.4. The molecule has 20 saturated heterocycles. The Morgan fingerprint density at radius 1 is 0.518 bits per heavy atom. The topological polar surface area (TPSA) is 445 Å². The predicted molar refractivity (Wildman–Crippen MR) is 526 cm³/mol. The number of amides is 7. The molecule has 0 aromatic heterocycles. The number of carbonyl (C=O) groups excluding carboxylic acids is 7. The molecule has 6 N–H and O–H groups in total. The molecular weight excluding hydrogens is 1980 g/mol. The molecule has 37 nitrogen and oxygen atoms in total. The minimum absolute atomic E-state index is 0. The maximum atomic E-state index is 12.4. The van der Waals surface area contributed by atoms with Gasteiger partial charge >= 0.3 is 72.2 Å². The molecule has 20 fully saturated rings. The first-order chi connectivity index (χ1) is 66.6. The number of fused-ring (bicyclic) bond motifs is 23. The third-order valence-electron chi connectivity index (χ3n) is 30.8. The van der Waals surface area contributed by atoms with E-state index in [1.54, 1.807) is 40.4 Å². The van der Waals surface area contributed by atoms with Crippen molar-refractivity contribution in [1.29, 1.82) is 10.5 Å². The summed E-state index contributed by atoms with van der Waals surface area (Å²) in [6, 6.07) is 24.8. The van der Waals surface area contributed by atoms with E-state index < -0.39 is 41.2 Å². The van der Waals surface area contributed by atoms with Crippen LogP contribution < -0.4 is 40.6 Å². The summed E-state index contributed by atoms with van der Waals surface area (Å²) < 4.78 is 95.3. The van der Waals surface area contributed by atoms with Crippen molar-refractivity contribution in [2.45, 2.75) is 369 Å². The number of epoxide rings is 3. The zero-order valence-electron chi connectivity index (χ0n) is 83.5. The average Bonchev–Trinajstić information content (AvgIpc) is 1.55. The molecule has 34 atom stereocenters. The molecule has 0 saturated carbocycles. The number of nitrogens with two attached hydrogens (primary N) is 1. The molecule has 782 valence electrons. The number of nitrogens with zero attached hydrogens (tertiary/aromatic N) is 12. The Hall–Kier alpha value is -6.81. The molecule has 20 heterocycles. The summed E-state index contributed by atoms with van der Waals surface area (Å²) in [6.45, 7) is 42.2. The van der Waals surface area contributed by atoms with E-state index in [1.807, 2.05) is 55.7 Å². The molecule has 2 aromatic carbocycles. The van der Waals surface area contributed by atoms with Crippen molar-refractivity contribution >= 4 is 80.1 Å². The Bertz CT molecular complexity index is 4480. The number of benzene rings is 2. The fraction of sp³-hybridized carbons (Fsp3) is 0.778. The number of likely N-dealkylation sites (tertiary alicyclic amines) is 2. The summed E-state index contributed by atoms with van der Waals surface area (Å²) in [5.74, 6) is 2.91. The third-order valence-corrected chi connectivity index (χ3v) is 31.4. The normalized spacial score (nSPS) is 36.8. The van der Waals surface area contributed by atoms with Crippen LogP contribution in [-0.4, -0.2) is 372 Å². The molecule has 20 aliphatic rings. The number of morpholine rings is 3. The number of piperidine rings is 10. The number of alkyl halides is 1. The van der Waals surface area contributed by atoms with Crippen LogP contribution in [0.2, 0.25) is 19.6 Å². The molecule has 0 spiro atoms. The second-order valence-corrected chi connectivity index (χ2v) is 55.9. The van der Waals surface area contributed by atoms with Crippen LogP contribution in [0.15, 0.2) is 60.7 Å². The SMILES string of the molecule is C.C.CCOC(=O)N1C2CC(C#N)CC1[C@@H]1O[C@H]21.CCOC(=O)N1C2CC(CN)CC1[C@H](O)C2.CCOC(=O)N1C2CC(OS(C)(=O)=O)CC1[C@@H]1O[C@H]21.CCOC(=O)N1C2CC3CC1[C@H](C)C2N(Cc1ccccc1)C3.CCOC(=O)N1C2CC3CC1[C@H](O)C2N(Cc1ccccc1)C3.CCOC(=O)N1C2CC3CNC2[C@@H](O)C1C3.C[Si](C)(C)I.[2H]CF.[C-]#N.[C-]#[N+]C1CC2[C@H]3O[C@H]3C(C1)N2C(=O)OCC.[Na+]. The average molecular weight is 2140 g/mol. The summed E-state index contributed by atoms with van der Waals surface area (Å²) in [6.07, 6.45) is 10.6. The molecule has 20 aliphatic heterocycles. The monoisotopic (exact) mass is 2140 g/mol. The van der Waals surface area contributed by atoms with Gasteiger partial charge in [-0.2, -0.15) is 13.7 Å². The van der Waals surface area contributed by atoms with E-state index >= 15 is 0 Å². The van der Waals surface area contributed by atoms with E-state index in [0.717, 1.165) is 115 Å². The zero-order chi connectivity index (χ0) is 100. The van der Waals surface area contributed by atoms with Crippen LogP contribution in [-0.2, 0) is 74.8 Å². The molecule has 24 unspecified atom stereocenters. The van der Waals surface area contributed by atoms with E-state index in [-0.39, 0.29) is 226 Å².